The van der Waals surface area contributed by atoms with Crippen molar-refractivity contribution in [2.45, 2.75) is 25.7 Å². The first-order valence-corrected chi connectivity index (χ1v) is 7.22. The molecule has 0 aliphatic heterocycles. The molecule has 0 unspecified atom stereocenters. The Morgan fingerprint density at radius 3 is 3.05 bits per heavy atom. The Balaban J connectivity index is 1.73. The number of hydrogen-bond acceptors (Lipinski definition) is 4. The molecule has 1 aliphatic carbocycles. The third kappa shape index (κ3) is 2.77. The third-order valence-electron chi connectivity index (χ3n) is 3.91. The van der Waals surface area contributed by atoms with Gasteiger partial charge in [0.05, 0.1) is 12.3 Å². The van der Waals surface area contributed by atoms with E-state index in [4.69, 9.17) is 9.94 Å². The number of ether oxygens (including phenoxy) is 1. The average molecular weight is 285 g/mol. The van der Waals surface area contributed by atoms with Crippen molar-refractivity contribution in [1.29, 1.82) is 0 Å². The standard InChI is InChI=1S/C16H19N3O2/c1-19-10-9-17-16(19)8-11-21-15-7-3-4-12-13(15)5-2-6-14(12)18-20/h3-4,7,9-10,20H,2,5-6,8,11H2,1H3/b18-14+. The zero-order valence-corrected chi connectivity index (χ0v) is 12.1. The van der Waals surface area contributed by atoms with Crippen molar-refractivity contribution in [3.63, 3.8) is 0 Å². The molecule has 1 aliphatic rings. The Labute approximate surface area is 123 Å². The van der Waals surface area contributed by atoms with Crippen LogP contribution in [0, 0.1) is 0 Å². The number of rotatable bonds is 4. The lowest BCUT2D eigenvalue weighted by Crippen LogP contribution is -2.14. The van der Waals surface area contributed by atoms with E-state index in [-0.39, 0.29) is 0 Å². The van der Waals surface area contributed by atoms with Gasteiger partial charge in [-0.25, -0.2) is 4.98 Å². The average Bonchev–Trinajstić information content (AvgIpc) is 2.92. The maximum atomic E-state index is 9.10. The Morgan fingerprint density at radius 2 is 2.29 bits per heavy atom. The van der Waals surface area contributed by atoms with Crippen LogP contribution in [0.2, 0.25) is 0 Å². The molecule has 110 valence electrons. The van der Waals surface area contributed by atoms with Gasteiger partial charge in [0, 0.05) is 37.0 Å². The van der Waals surface area contributed by atoms with Gasteiger partial charge in [-0.2, -0.15) is 0 Å². The van der Waals surface area contributed by atoms with E-state index >= 15 is 0 Å². The van der Waals surface area contributed by atoms with Gasteiger partial charge in [-0.05, 0) is 25.3 Å². The molecule has 1 heterocycles. The van der Waals surface area contributed by atoms with Crippen LogP contribution in [0.1, 0.15) is 29.8 Å². The quantitative estimate of drug-likeness (QED) is 0.693. The molecule has 1 aromatic heterocycles. The van der Waals surface area contributed by atoms with Crippen LogP contribution in [0.4, 0.5) is 0 Å². The number of aryl methyl sites for hydroxylation is 1. The summed E-state index contributed by atoms with van der Waals surface area (Å²) in [6.07, 6.45) is 7.28. The summed E-state index contributed by atoms with van der Waals surface area (Å²) in [5.41, 5.74) is 2.92. The van der Waals surface area contributed by atoms with E-state index in [0.29, 0.717) is 6.61 Å². The number of nitrogens with zero attached hydrogens (tertiary/aromatic N) is 3. The molecule has 0 radical (unpaired) electrons. The zero-order valence-electron chi connectivity index (χ0n) is 12.1. The van der Waals surface area contributed by atoms with Gasteiger partial charge in [-0.1, -0.05) is 17.3 Å². The summed E-state index contributed by atoms with van der Waals surface area (Å²) >= 11 is 0. The molecule has 21 heavy (non-hydrogen) atoms. The highest BCUT2D eigenvalue weighted by Crippen LogP contribution is 2.30. The molecule has 0 bridgehead atoms. The van der Waals surface area contributed by atoms with Crippen LogP contribution in [-0.2, 0) is 19.9 Å². The number of fused-ring (bicyclic) bond motifs is 1. The molecule has 0 saturated carbocycles. The van der Waals surface area contributed by atoms with Crippen molar-refractivity contribution in [1.82, 2.24) is 9.55 Å². The molecular formula is C16H19N3O2. The molecule has 5 heteroatoms. The van der Waals surface area contributed by atoms with E-state index < -0.39 is 0 Å². The summed E-state index contributed by atoms with van der Waals surface area (Å²) in [6, 6.07) is 5.93. The summed E-state index contributed by atoms with van der Waals surface area (Å²) < 4.78 is 7.94. The lowest BCUT2D eigenvalue weighted by Gasteiger charge is -2.20. The molecule has 0 fully saturated rings. The van der Waals surface area contributed by atoms with Gasteiger partial charge in [0.2, 0.25) is 0 Å². The van der Waals surface area contributed by atoms with Crippen LogP contribution in [0.25, 0.3) is 0 Å². The van der Waals surface area contributed by atoms with Crippen molar-refractivity contribution in [3.05, 3.63) is 47.5 Å². The maximum Gasteiger partial charge on any atom is 0.123 e. The highest BCUT2D eigenvalue weighted by molar-refractivity contribution is 6.02. The number of hydrogen-bond donors (Lipinski definition) is 1. The largest absolute Gasteiger partial charge is 0.493 e. The Bertz CT molecular complexity index is 661. The fraction of sp³-hybridized carbons (Fsp3) is 0.375. The van der Waals surface area contributed by atoms with Crippen molar-refractivity contribution < 1.29 is 9.94 Å². The van der Waals surface area contributed by atoms with Crippen LogP contribution < -0.4 is 4.74 Å². The highest BCUT2D eigenvalue weighted by Gasteiger charge is 2.19. The molecule has 5 nitrogen and oxygen atoms in total. The van der Waals surface area contributed by atoms with E-state index in [1.165, 1.54) is 0 Å². The third-order valence-corrected chi connectivity index (χ3v) is 3.91. The lowest BCUT2D eigenvalue weighted by atomic mass is 9.89. The molecule has 0 amide bonds. The molecule has 0 atom stereocenters. The van der Waals surface area contributed by atoms with Gasteiger partial charge in [-0.3, -0.25) is 0 Å². The second-order valence-corrected chi connectivity index (χ2v) is 5.24. The topological polar surface area (TPSA) is 59.6 Å². The van der Waals surface area contributed by atoms with Gasteiger partial charge < -0.3 is 14.5 Å². The van der Waals surface area contributed by atoms with Crippen LogP contribution in [0.15, 0.2) is 35.7 Å². The minimum atomic E-state index is 0.590. The predicted molar refractivity (Wildman–Crippen MR) is 80.1 cm³/mol. The maximum absolute atomic E-state index is 9.10. The molecule has 0 saturated heterocycles. The minimum absolute atomic E-state index is 0.590. The monoisotopic (exact) mass is 285 g/mol. The fourth-order valence-electron chi connectivity index (χ4n) is 2.79. The van der Waals surface area contributed by atoms with E-state index in [0.717, 1.165) is 54.1 Å². The van der Waals surface area contributed by atoms with Gasteiger partial charge in [0.25, 0.3) is 0 Å². The van der Waals surface area contributed by atoms with Crippen molar-refractivity contribution in [2.24, 2.45) is 12.2 Å². The molecule has 0 spiro atoms. The molecule has 2 aromatic rings. The first-order valence-electron chi connectivity index (χ1n) is 7.22. The predicted octanol–water partition coefficient (Wildman–Crippen LogP) is 2.56. The molecule has 3 rings (SSSR count). The van der Waals surface area contributed by atoms with Crippen LogP contribution in [-0.4, -0.2) is 27.1 Å². The Morgan fingerprint density at radius 1 is 1.38 bits per heavy atom. The highest BCUT2D eigenvalue weighted by atomic mass is 16.5. The lowest BCUT2D eigenvalue weighted by molar-refractivity contribution is 0.311. The summed E-state index contributed by atoms with van der Waals surface area (Å²) in [7, 11) is 1.98. The number of imidazole rings is 1. The van der Waals surface area contributed by atoms with E-state index in [1.807, 2.05) is 36.0 Å². The molecular weight excluding hydrogens is 266 g/mol. The molecule has 1 N–H and O–H groups in total. The second-order valence-electron chi connectivity index (χ2n) is 5.24. The van der Waals surface area contributed by atoms with Gasteiger partial charge in [-0.15, -0.1) is 0 Å². The second kappa shape index (κ2) is 5.99. The SMILES string of the molecule is Cn1ccnc1CCOc1cccc2c1CCC/C2=N\O. The zero-order chi connectivity index (χ0) is 14.7. The summed E-state index contributed by atoms with van der Waals surface area (Å²) in [5.74, 6) is 1.90. The fourth-order valence-corrected chi connectivity index (χ4v) is 2.79. The van der Waals surface area contributed by atoms with Crippen LogP contribution >= 0.6 is 0 Å². The number of benzene rings is 1. The number of aromatic nitrogens is 2. The van der Waals surface area contributed by atoms with E-state index in [9.17, 15) is 0 Å². The normalized spacial score (nSPS) is 16.0. The van der Waals surface area contributed by atoms with Crippen molar-refractivity contribution >= 4 is 5.71 Å². The summed E-state index contributed by atoms with van der Waals surface area (Å²) in [5, 5.41) is 12.5. The molecule has 1 aromatic carbocycles. The first kappa shape index (κ1) is 13.7. The van der Waals surface area contributed by atoms with Crippen molar-refractivity contribution in [2.75, 3.05) is 6.61 Å². The van der Waals surface area contributed by atoms with Crippen LogP contribution in [0.5, 0.6) is 5.75 Å². The smallest absolute Gasteiger partial charge is 0.123 e. The first-order chi connectivity index (χ1) is 10.3. The minimum Gasteiger partial charge on any atom is -0.493 e. The van der Waals surface area contributed by atoms with Crippen LogP contribution in [0.3, 0.4) is 0 Å². The van der Waals surface area contributed by atoms with E-state index in [1.54, 1.807) is 6.20 Å². The summed E-state index contributed by atoms with van der Waals surface area (Å²) in [6.45, 7) is 0.590. The Hall–Kier alpha value is -2.30. The summed E-state index contributed by atoms with van der Waals surface area (Å²) in [4.78, 5) is 4.29. The Kier molecular flexibility index (Phi) is 3.90. The van der Waals surface area contributed by atoms with Crippen molar-refractivity contribution in [3.8, 4) is 5.75 Å². The van der Waals surface area contributed by atoms with E-state index in [2.05, 4.69) is 10.1 Å². The van der Waals surface area contributed by atoms with Gasteiger partial charge in [0.15, 0.2) is 0 Å². The van der Waals surface area contributed by atoms with Gasteiger partial charge >= 0.3 is 0 Å². The van der Waals surface area contributed by atoms with Gasteiger partial charge in [0.1, 0.15) is 11.6 Å². The number of oxime groups is 1.